The molecule has 2 aromatic rings. The smallest absolute Gasteiger partial charge is 0.343 e. The highest BCUT2D eigenvalue weighted by molar-refractivity contribution is 5.91. The Morgan fingerprint density at radius 2 is 1.70 bits per heavy atom. The lowest BCUT2D eigenvalue weighted by molar-refractivity contribution is 0.0734. The van der Waals surface area contributed by atoms with E-state index < -0.39 is 5.97 Å². The van der Waals surface area contributed by atoms with Crippen molar-refractivity contribution >= 4 is 12.2 Å². The number of carbonyl (C=O) groups excluding carboxylic acids is 1. The maximum atomic E-state index is 12.3. The van der Waals surface area contributed by atoms with Gasteiger partial charge in [-0.1, -0.05) is 39.0 Å². The molecule has 0 aromatic heterocycles. The molecule has 0 heterocycles. The van der Waals surface area contributed by atoms with Crippen LogP contribution in [0, 0.1) is 0 Å². The lowest BCUT2D eigenvalue weighted by Crippen LogP contribution is -2.08. The lowest BCUT2D eigenvalue weighted by Gasteiger charge is -2.08. The van der Waals surface area contributed by atoms with Crippen molar-refractivity contribution in [1.29, 1.82) is 0 Å². The van der Waals surface area contributed by atoms with Crippen LogP contribution >= 0.6 is 0 Å². The number of aromatic hydroxyl groups is 1. The lowest BCUT2D eigenvalue weighted by atomic mass is 10.1. The number of unbranched alkanes of at least 4 members (excludes halogenated alkanes) is 5. The zero-order chi connectivity index (χ0) is 21.6. The number of hydrogen-bond donors (Lipinski definition) is 2. The van der Waals surface area contributed by atoms with Crippen molar-refractivity contribution in [3.63, 3.8) is 0 Å². The minimum Gasteiger partial charge on any atom is -0.507 e. The number of ether oxygens (including phenoxy) is 2. The van der Waals surface area contributed by atoms with Crippen LogP contribution in [0.5, 0.6) is 17.2 Å². The summed E-state index contributed by atoms with van der Waals surface area (Å²) in [7, 11) is 0. The fraction of sp³-hybridized carbons (Fsp3) is 0.417. The van der Waals surface area contributed by atoms with Gasteiger partial charge in [-0.3, -0.25) is 4.99 Å². The number of benzene rings is 2. The Bertz CT molecular complexity index is 802. The summed E-state index contributed by atoms with van der Waals surface area (Å²) in [6.45, 7) is 3.08. The number of aliphatic hydroxyl groups is 1. The number of carbonyl (C=O) groups is 1. The Kier molecular flexibility index (Phi) is 10.4. The second-order valence-electron chi connectivity index (χ2n) is 7.01. The van der Waals surface area contributed by atoms with Crippen molar-refractivity contribution in [2.75, 3.05) is 19.8 Å². The molecule has 162 valence electrons. The Labute approximate surface area is 178 Å². The Balaban J connectivity index is 1.81. The minimum absolute atomic E-state index is 0.0552. The second-order valence-corrected chi connectivity index (χ2v) is 7.01. The van der Waals surface area contributed by atoms with E-state index in [1.54, 1.807) is 36.4 Å². The largest absolute Gasteiger partial charge is 0.507 e. The Morgan fingerprint density at radius 3 is 2.40 bits per heavy atom. The van der Waals surface area contributed by atoms with Crippen LogP contribution in [0.1, 0.15) is 61.4 Å². The van der Waals surface area contributed by atoms with Crippen LogP contribution in [-0.2, 0) is 0 Å². The van der Waals surface area contributed by atoms with Crippen LogP contribution in [0.2, 0.25) is 0 Å². The highest BCUT2D eigenvalue weighted by atomic mass is 16.5. The van der Waals surface area contributed by atoms with Crippen molar-refractivity contribution in [3.8, 4) is 17.2 Å². The molecule has 0 aliphatic heterocycles. The van der Waals surface area contributed by atoms with Gasteiger partial charge in [0.15, 0.2) is 0 Å². The maximum Gasteiger partial charge on any atom is 0.343 e. The summed E-state index contributed by atoms with van der Waals surface area (Å²) < 4.78 is 11.0. The van der Waals surface area contributed by atoms with Gasteiger partial charge >= 0.3 is 5.97 Å². The highest BCUT2D eigenvalue weighted by Gasteiger charge is 2.10. The number of aliphatic imine (C=N–C) groups is 1. The first-order valence-corrected chi connectivity index (χ1v) is 10.5. The average molecular weight is 414 g/mol. The summed E-state index contributed by atoms with van der Waals surface area (Å²) in [5.74, 6) is 0.392. The monoisotopic (exact) mass is 413 g/mol. The number of hydrogen-bond acceptors (Lipinski definition) is 6. The van der Waals surface area contributed by atoms with Crippen molar-refractivity contribution in [3.05, 3.63) is 53.6 Å². The third-order valence-corrected chi connectivity index (χ3v) is 4.53. The molecule has 2 rings (SSSR count). The number of phenols is 1. The number of esters is 1. The topological polar surface area (TPSA) is 88.4 Å². The SMILES string of the molecule is CCCCCCCCOc1ccc(C(=O)Oc2ccc(C=NCCO)c(O)c2)cc1. The normalized spacial score (nSPS) is 11.0. The molecule has 0 saturated heterocycles. The van der Waals surface area contributed by atoms with Gasteiger partial charge in [0.05, 0.1) is 25.3 Å². The first-order valence-electron chi connectivity index (χ1n) is 10.5. The number of nitrogens with zero attached hydrogens (tertiary/aromatic N) is 1. The van der Waals surface area contributed by atoms with E-state index in [-0.39, 0.29) is 24.7 Å². The van der Waals surface area contributed by atoms with Gasteiger partial charge in [-0.2, -0.15) is 0 Å². The molecule has 0 bridgehead atoms. The van der Waals surface area contributed by atoms with Crippen LogP contribution in [-0.4, -0.2) is 42.2 Å². The average Bonchev–Trinajstić information content (AvgIpc) is 2.75. The van der Waals surface area contributed by atoms with E-state index >= 15 is 0 Å². The van der Waals surface area contributed by atoms with Gasteiger partial charge in [0.1, 0.15) is 17.2 Å². The molecule has 2 aromatic carbocycles. The molecule has 0 unspecified atom stereocenters. The number of aliphatic hydroxyl groups excluding tert-OH is 1. The summed E-state index contributed by atoms with van der Waals surface area (Å²) in [4.78, 5) is 16.3. The van der Waals surface area contributed by atoms with E-state index in [2.05, 4.69) is 11.9 Å². The molecule has 2 N–H and O–H groups in total. The van der Waals surface area contributed by atoms with Gasteiger partial charge in [-0.25, -0.2) is 4.79 Å². The predicted molar refractivity (Wildman–Crippen MR) is 118 cm³/mol. The molecule has 0 fully saturated rings. The summed E-state index contributed by atoms with van der Waals surface area (Å²) in [6, 6.07) is 11.4. The molecule has 0 aliphatic carbocycles. The van der Waals surface area contributed by atoms with E-state index in [1.165, 1.54) is 44.4 Å². The Hall–Kier alpha value is -2.86. The van der Waals surface area contributed by atoms with E-state index in [0.717, 1.165) is 12.2 Å². The second kappa shape index (κ2) is 13.4. The van der Waals surface area contributed by atoms with Crippen LogP contribution < -0.4 is 9.47 Å². The molecule has 0 radical (unpaired) electrons. The van der Waals surface area contributed by atoms with Crippen LogP contribution in [0.4, 0.5) is 0 Å². The van der Waals surface area contributed by atoms with Crippen molar-refractivity contribution < 1.29 is 24.5 Å². The van der Waals surface area contributed by atoms with Crippen molar-refractivity contribution in [2.24, 2.45) is 4.99 Å². The molecule has 0 spiro atoms. The van der Waals surface area contributed by atoms with Gasteiger partial charge in [-0.15, -0.1) is 0 Å². The van der Waals surface area contributed by atoms with Gasteiger partial charge in [-0.05, 0) is 42.8 Å². The van der Waals surface area contributed by atoms with E-state index in [0.29, 0.717) is 17.7 Å². The third-order valence-electron chi connectivity index (χ3n) is 4.53. The summed E-state index contributed by atoms with van der Waals surface area (Å²) in [5.41, 5.74) is 0.880. The van der Waals surface area contributed by atoms with E-state index in [1.807, 2.05) is 0 Å². The molecule has 0 aliphatic rings. The standard InChI is InChI=1S/C24H31NO5/c1-2-3-4-5-6-7-16-29-21-11-8-19(9-12-21)24(28)30-22-13-10-20(23(27)17-22)18-25-14-15-26/h8-13,17-18,26-27H,2-7,14-16H2,1H3. The molecule has 6 heteroatoms. The zero-order valence-corrected chi connectivity index (χ0v) is 17.5. The van der Waals surface area contributed by atoms with Crippen LogP contribution in [0.15, 0.2) is 47.5 Å². The molecule has 30 heavy (non-hydrogen) atoms. The fourth-order valence-electron chi connectivity index (χ4n) is 2.84. The van der Waals surface area contributed by atoms with Crippen molar-refractivity contribution in [2.45, 2.75) is 45.4 Å². The molecule has 0 atom stereocenters. The fourth-order valence-corrected chi connectivity index (χ4v) is 2.84. The van der Waals surface area contributed by atoms with Crippen LogP contribution in [0.25, 0.3) is 0 Å². The third kappa shape index (κ3) is 8.25. The van der Waals surface area contributed by atoms with Crippen LogP contribution in [0.3, 0.4) is 0 Å². The van der Waals surface area contributed by atoms with Gasteiger partial charge < -0.3 is 19.7 Å². The molecule has 0 saturated carbocycles. The van der Waals surface area contributed by atoms with Gasteiger partial charge in [0.2, 0.25) is 0 Å². The summed E-state index contributed by atoms with van der Waals surface area (Å²) >= 11 is 0. The molecule has 6 nitrogen and oxygen atoms in total. The maximum absolute atomic E-state index is 12.3. The predicted octanol–water partition coefficient (Wildman–Crippen LogP) is 4.76. The molecule has 0 amide bonds. The Morgan fingerprint density at radius 1 is 1.00 bits per heavy atom. The van der Waals surface area contributed by atoms with Crippen molar-refractivity contribution in [1.82, 2.24) is 0 Å². The summed E-state index contributed by atoms with van der Waals surface area (Å²) in [6.07, 6.45) is 8.72. The first-order chi connectivity index (χ1) is 14.6. The summed E-state index contributed by atoms with van der Waals surface area (Å²) in [5, 5.41) is 18.7. The van der Waals surface area contributed by atoms with E-state index in [9.17, 15) is 9.90 Å². The van der Waals surface area contributed by atoms with Gasteiger partial charge in [0.25, 0.3) is 0 Å². The number of phenolic OH excluding ortho intramolecular Hbond substituents is 1. The highest BCUT2D eigenvalue weighted by Crippen LogP contribution is 2.23. The molecular formula is C24H31NO5. The van der Waals surface area contributed by atoms with Gasteiger partial charge in [0, 0.05) is 17.8 Å². The molecular weight excluding hydrogens is 382 g/mol. The number of rotatable bonds is 13. The zero-order valence-electron chi connectivity index (χ0n) is 17.5. The minimum atomic E-state index is -0.515. The van der Waals surface area contributed by atoms with E-state index in [4.69, 9.17) is 14.6 Å². The first kappa shape index (κ1) is 23.4. The quantitative estimate of drug-likeness (QED) is 0.214.